The summed E-state index contributed by atoms with van der Waals surface area (Å²) in [6, 6.07) is 3.91. The van der Waals surface area contributed by atoms with Gasteiger partial charge in [-0.05, 0) is 25.1 Å². The number of hydrogen-bond acceptors (Lipinski definition) is 3. The third kappa shape index (κ3) is 2.82. The number of aromatic nitrogens is 2. The second-order valence-corrected chi connectivity index (χ2v) is 3.85. The zero-order valence-corrected chi connectivity index (χ0v) is 9.44. The molecule has 1 aromatic heterocycles. The van der Waals surface area contributed by atoms with E-state index in [2.05, 4.69) is 15.3 Å². The molecule has 0 amide bonds. The lowest BCUT2D eigenvalue weighted by molar-refractivity contribution is 0.455. The molecule has 0 aliphatic carbocycles. The summed E-state index contributed by atoms with van der Waals surface area (Å²) in [5, 5.41) is 12.7. The number of benzene rings is 1. The highest BCUT2D eigenvalue weighted by Gasteiger charge is 2.08. The predicted molar refractivity (Wildman–Crippen MR) is 61.9 cm³/mol. The average Bonchev–Trinajstić information content (AvgIpc) is 2.83. The van der Waals surface area contributed by atoms with Gasteiger partial charge in [0.2, 0.25) is 0 Å². The molecular formula is C12H14FN3O. The molecule has 3 N–H and O–H groups in total. The van der Waals surface area contributed by atoms with E-state index in [1.54, 1.807) is 12.4 Å². The molecule has 0 aliphatic heterocycles. The van der Waals surface area contributed by atoms with Crippen molar-refractivity contribution in [2.45, 2.75) is 19.5 Å². The van der Waals surface area contributed by atoms with E-state index in [0.29, 0.717) is 12.1 Å². The summed E-state index contributed by atoms with van der Waals surface area (Å²) in [4.78, 5) is 7.10. The third-order valence-corrected chi connectivity index (χ3v) is 2.57. The van der Waals surface area contributed by atoms with Crippen LogP contribution in [0, 0.1) is 5.82 Å². The van der Waals surface area contributed by atoms with Gasteiger partial charge in [0.25, 0.3) is 0 Å². The lowest BCUT2D eigenvalue weighted by Gasteiger charge is -2.12. The molecule has 0 radical (unpaired) electrons. The highest BCUT2D eigenvalue weighted by atomic mass is 19.1. The van der Waals surface area contributed by atoms with Gasteiger partial charge < -0.3 is 15.4 Å². The summed E-state index contributed by atoms with van der Waals surface area (Å²) in [7, 11) is 0. The molecule has 0 fully saturated rings. The van der Waals surface area contributed by atoms with E-state index in [9.17, 15) is 9.50 Å². The summed E-state index contributed by atoms with van der Waals surface area (Å²) in [5.41, 5.74) is 0.531. The summed E-state index contributed by atoms with van der Waals surface area (Å²) >= 11 is 0. The van der Waals surface area contributed by atoms with E-state index < -0.39 is 0 Å². The number of nitrogens with one attached hydrogen (secondary N) is 2. The molecular weight excluding hydrogens is 221 g/mol. The molecule has 1 aromatic carbocycles. The number of aromatic hydroxyl groups is 1. The van der Waals surface area contributed by atoms with Gasteiger partial charge in [-0.25, -0.2) is 9.37 Å². The second-order valence-electron chi connectivity index (χ2n) is 3.85. The Morgan fingerprint density at radius 2 is 2.35 bits per heavy atom. The van der Waals surface area contributed by atoms with Crippen LogP contribution in [0.4, 0.5) is 4.39 Å². The first-order chi connectivity index (χ1) is 8.16. The maximum atomic E-state index is 13.0. The monoisotopic (exact) mass is 235 g/mol. The van der Waals surface area contributed by atoms with Crippen LogP contribution in [0.25, 0.3) is 0 Å². The van der Waals surface area contributed by atoms with Crippen LogP contribution >= 0.6 is 0 Å². The number of aromatic amines is 1. The Kier molecular flexibility index (Phi) is 3.39. The van der Waals surface area contributed by atoms with Crippen LogP contribution in [0.2, 0.25) is 0 Å². The number of hydrogen-bond donors (Lipinski definition) is 3. The number of phenolic OH excluding ortho intramolecular Hbond substituents is 1. The molecule has 0 saturated carbocycles. The van der Waals surface area contributed by atoms with Crippen LogP contribution < -0.4 is 5.32 Å². The lowest BCUT2D eigenvalue weighted by Crippen LogP contribution is -2.19. The van der Waals surface area contributed by atoms with Crippen LogP contribution in [0.1, 0.15) is 24.4 Å². The van der Waals surface area contributed by atoms with Crippen molar-refractivity contribution >= 4 is 0 Å². The fourth-order valence-corrected chi connectivity index (χ4v) is 1.57. The highest BCUT2D eigenvalue weighted by Crippen LogP contribution is 2.18. The standard InChI is InChI=1S/C12H14FN3O/c1-8(12-14-4-5-15-12)16-7-9-6-10(13)2-3-11(9)17/h2-6,8,16-17H,7H2,1H3,(H,14,15). The largest absolute Gasteiger partial charge is 0.508 e. The Balaban J connectivity index is 2.00. The molecule has 0 saturated heterocycles. The van der Waals surface area contributed by atoms with Crippen LogP contribution in [0.5, 0.6) is 5.75 Å². The number of H-pyrrole nitrogens is 1. The Hall–Kier alpha value is -1.88. The third-order valence-electron chi connectivity index (χ3n) is 2.57. The molecule has 5 heteroatoms. The molecule has 0 spiro atoms. The van der Waals surface area contributed by atoms with Gasteiger partial charge >= 0.3 is 0 Å². The first kappa shape index (κ1) is 11.6. The van der Waals surface area contributed by atoms with Crippen molar-refractivity contribution in [3.05, 3.63) is 47.8 Å². The van der Waals surface area contributed by atoms with Gasteiger partial charge in [0.1, 0.15) is 17.4 Å². The van der Waals surface area contributed by atoms with Gasteiger partial charge in [-0.15, -0.1) is 0 Å². The minimum Gasteiger partial charge on any atom is -0.508 e. The van der Waals surface area contributed by atoms with Gasteiger partial charge in [-0.1, -0.05) is 0 Å². The summed E-state index contributed by atoms with van der Waals surface area (Å²) in [5.74, 6) is 0.539. The van der Waals surface area contributed by atoms with Crippen molar-refractivity contribution in [2.75, 3.05) is 0 Å². The van der Waals surface area contributed by atoms with Crippen molar-refractivity contribution in [1.82, 2.24) is 15.3 Å². The summed E-state index contributed by atoms with van der Waals surface area (Å²) < 4.78 is 13.0. The molecule has 17 heavy (non-hydrogen) atoms. The SMILES string of the molecule is CC(NCc1cc(F)ccc1O)c1ncc[nH]1. The maximum Gasteiger partial charge on any atom is 0.123 e. The fourth-order valence-electron chi connectivity index (χ4n) is 1.57. The first-order valence-electron chi connectivity index (χ1n) is 5.37. The minimum absolute atomic E-state index is 0.00710. The average molecular weight is 235 g/mol. The topological polar surface area (TPSA) is 60.9 Å². The van der Waals surface area contributed by atoms with Crippen molar-refractivity contribution in [1.29, 1.82) is 0 Å². The van der Waals surface area contributed by atoms with E-state index in [0.717, 1.165) is 5.82 Å². The van der Waals surface area contributed by atoms with Crippen molar-refractivity contribution in [2.24, 2.45) is 0 Å². The van der Waals surface area contributed by atoms with Crippen molar-refractivity contribution in [3.8, 4) is 5.75 Å². The van der Waals surface area contributed by atoms with Crippen LogP contribution in [0.15, 0.2) is 30.6 Å². The molecule has 2 aromatic rings. The van der Waals surface area contributed by atoms with Gasteiger partial charge in [0.05, 0.1) is 6.04 Å². The Labute approximate surface area is 98.5 Å². The number of halogens is 1. The minimum atomic E-state index is -0.356. The second kappa shape index (κ2) is 4.97. The lowest BCUT2D eigenvalue weighted by atomic mass is 10.2. The van der Waals surface area contributed by atoms with Gasteiger partial charge in [0, 0.05) is 24.5 Å². The Morgan fingerprint density at radius 3 is 3.06 bits per heavy atom. The predicted octanol–water partition coefficient (Wildman–Crippen LogP) is 2.11. The molecule has 4 nitrogen and oxygen atoms in total. The van der Waals surface area contributed by atoms with Gasteiger partial charge in [-0.3, -0.25) is 0 Å². The Bertz CT molecular complexity index is 485. The molecule has 90 valence electrons. The van der Waals surface area contributed by atoms with Crippen LogP contribution in [-0.2, 0) is 6.54 Å². The normalized spacial score (nSPS) is 12.6. The quantitative estimate of drug-likeness (QED) is 0.760. The summed E-state index contributed by atoms with van der Waals surface area (Å²) in [6.07, 6.45) is 3.42. The van der Waals surface area contributed by atoms with E-state index in [1.807, 2.05) is 6.92 Å². The number of nitrogens with zero attached hydrogens (tertiary/aromatic N) is 1. The van der Waals surface area contributed by atoms with E-state index in [4.69, 9.17) is 0 Å². The van der Waals surface area contributed by atoms with Crippen molar-refractivity contribution in [3.63, 3.8) is 0 Å². The zero-order chi connectivity index (χ0) is 12.3. The fraction of sp³-hybridized carbons (Fsp3) is 0.250. The molecule has 0 aliphatic rings. The highest BCUT2D eigenvalue weighted by molar-refractivity contribution is 5.32. The maximum absolute atomic E-state index is 13.0. The first-order valence-corrected chi connectivity index (χ1v) is 5.37. The zero-order valence-electron chi connectivity index (χ0n) is 9.44. The number of imidazole rings is 1. The molecule has 1 heterocycles. The van der Waals surface area contributed by atoms with Crippen LogP contribution in [0.3, 0.4) is 0 Å². The number of phenols is 1. The van der Waals surface area contributed by atoms with E-state index in [-0.39, 0.29) is 17.6 Å². The van der Waals surface area contributed by atoms with E-state index >= 15 is 0 Å². The Morgan fingerprint density at radius 1 is 1.53 bits per heavy atom. The molecule has 1 unspecified atom stereocenters. The van der Waals surface area contributed by atoms with Crippen LogP contribution in [-0.4, -0.2) is 15.1 Å². The van der Waals surface area contributed by atoms with Crippen molar-refractivity contribution < 1.29 is 9.50 Å². The van der Waals surface area contributed by atoms with Gasteiger partial charge in [0.15, 0.2) is 0 Å². The number of rotatable bonds is 4. The molecule has 2 rings (SSSR count). The molecule has 1 atom stereocenters. The van der Waals surface area contributed by atoms with E-state index in [1.165, 1.54) is 18.2 Å². The summed E-state index contributed by atoms with van der Waals surface area (Å²) in [6.45, 7) is 2.32. The smallest absolute Gasteiger partial charge is 0.123 e. The van der Waals surface area contributed by atoms with Gasteiger partial charge in [-0.2, -0.15) is 0 Å². The molecule has 0 bridgehead atoms.